The lowest BCUT2D eigenvalue weighted by atomic mass is 9.94. The van der Waals surface area contributed by atoms with Crippen LogP contribution in [0.4, 0.5) is 4.39 Å². The molecular formula is C21H24FN5O. The summed E-state index contributed by atoms with van der Waals surface area (Å²) in [5, 5.41) is 4.46. The quantitative estimate of drug-likeness (QED) is 0.697. The van der Waals surface area contributed by atoms with Crippen molar-refractivity contribution in [3.63, 3.8) is 0 Å². The van der Waals surface area contributed by atoms with E-state index >= 15 is 0 Å². The average Bonchev–Trinajstić information content (AvgIpc) is 3.13. The van der Waals surface area contributed by atoms with E-state index in [0.29, 0.717) is 17.1 Å². The average molecular weight is 381 g/mol. The Bertz CT molecular complexity index is 982. The van der Waals surface area contributed by atoms with Crippen LogP contribution in [0, 0.1) is 5.82 Å². The maximum Gasteiger partial charge on any atom is 0.258 e. The Balaban J connectivity index is 1.57. The standard InChI is InChI=1S/C21H24FN5O/c1-25(2)21(28)18-12-24-27-19(9-10-23-20(18)27)16-4-3-11-26(14-16)13-15-5-7-17(22)8-6-15/h5-10,12,16H,3-4,11,13-14H2,1-2H3/t16-/m1/s1. The van der Waals surface area contributed by atoms with E-state index < -0.39 is 0 Å². The summed E-state index contributed by atoms with van der Waals surface area (Å²) < 4.78 is 15.0. The number of fused-ring (bicyclic) bond motifs is 1. The van der Waals surface area contributed by atoms with Crippen LogP contribution in [0.5, 0.6) is 0 Å². The van der Waals surface area contributed by atoms with Gasteiger partial charge in [0.05, 0.1) is 11.9 Å². The third kappa shape index (κ3) is 3.62. The molecule has 1 amide bonds. The first-order valence-corrected chi connectivity index (χ1v) is 9.54. The van der Waals surface area contributed by atoms with Crippen molar-refractivity contribution in [3.8, 4) is 0 Å². The van der Waals surface area contributed by atoms with Gasteiger partial charge in [-0.1, -0.05) is 12.1 Å². The summed E-state index contributed by atoms with van der Waals surface area (Å²) in [4.78, 5) is 20.7. The van der Waals surface area contributed by atoms with Gasteiger partial charge in [-0.3, -0.25) is 9.69 Å². The van der Waals surface area contributed by atoms with Crippen LogP contribution in [0.2, 0.25) is 0 Å². The number of hydrogen-bond acceptors (Lipinski definition) is 4. The molecule has 0 bridgehead atoms. The van der Waals surface area contributed by atoms with Gasteiger partial charge in [-0.25, -0.2) is 13.9 Å². The Labute approximate surface area is 163 Å². The van der Waals surface area contributed by atoms with Crippen molar-refractivity contribution in [2.24, 2.45) is 0 Å². The summed E-state index contributed by atoms with van der Waals surface area (Å²) in [6.07, 6.45) is 5.52. The highest BCUT2D eigenvalue weighted by Gasteiger charge is 2.25. The van der Waals surface area contributed by atoms with Crippen LogP contribution >= 0.6 is 0 Å². The number of aromatic nitrogens is 3. The number of carbonyl (C=O) groups is 1. The van der Waals surface area contributed by atoms with E-state index in [4.69, 9.17) is 0 Å². The molecule has 0 spiro atoms. The van der Waals surface area contributed by atoms with Crippen molar-refractivity contribution in [2.75, 3.05) is 27.2 Å². The molecule has 3 aromatic rings. The predicted octanol–water partition coefficient (Wildman–Crippen LogP) is 2.95. The number of amides is 1. The molecule has 1 aliphatic rings. The highest BCUT2D eigenvalue weighted by Crippen LogP contribution is 2.28. The van der Waals surface area contributed by atoms with E-state index in [2.05, 4.69) is 15.0 Å². The molecule has 3 heterocycles. The molecule has 146 valence electrons. The fourth-order valence-electron chi connectivity index (χ4n) is 3.90. The van der Waals surface area contributed by atoms with Gasteiger partial charge >= 0.3 is 0 Å². The van der Waals surface area contributed by atoms with E-state index in [0.717, 1.165) is 43.7 Å². The maximum absolute atomic E-state index is 13.1. The minimum absolute atomic E-state index is 0.0961. The number of rotatable bonds is 4. The Morgan fingerprint density at radius 1 is 1.25 bits per heavy atom. The van der Waals surface area contributed by atoms with Crippen LogP contribution in [-0.4, -0.2) is 57.5 Å². The topological polar surface area (TPSA) is 53.7 Å². The first-order chi connectivity index (χ1) is 13.5. The highest BCUT2D eigenvalue weighted by molar-refractivity contribution is 5.99. The fraction of sp³-hybridized carbons (Fsp3) is 0.381. The zero-order valence-corrected chi connectivity index (χ0v) is 16.2. The molecule has 0 aliphatic carbocycles. The molecule has 1 aliphatic heterocycles. The van der Waals surface area contributed by atoms with Crippen LogP contribution in [-0.2, 0) is 6.54 Å². The predicted molar refractivity (Wildman–Crippen MR) is 105 cm³/mol. The smallest absolute Gasteiger partial charge is 0.258 e. The molecular weight excluding hydrogens is 357 g/mol. The first-order valence-electron chi connectivity index (χ1n) is 9.54. The van der Waals surface area contributed by atoms with Gasteiger partial charge in [-0.2, -0.15) is 5.10 Å². The minimum atomic E-state index is -0.207. The Hall–Kier alpha value is -2.80. The van der Waals surface area contributed by atoms with Crippen molar-refractivity contribution < 1.29 is 9.18 Å². The molecule has 7 heteroatoms. The summed E-state index contributed by atoms with van der Waals surface area (Å²) in [5.41, 5.74) is 3.31. The number of piperidine rings is 1. The van der Waals surface area contributed by atoms with Crippen LogP contribution < -0.4 is 0 Å². The third-order valence-corrected chi connectivity index (χ3v) is 5.31. The second kappa shape index (κ2) is 7.67. The molecule has 0 unspecified atom stereocenters. The van der Waals surface area contributed by atoms with Crippen molar-refractivity contribution in [1.29, 1.82) is 0 Å². The van der Waals surface area contributed by atoms with E-state index in [1.54, 1.807) is 26.5 Å². The molecule has 1 aromatic carbocycles. The zero-order valence-electron chi connectivity index (χ0n) is 16.2. The molecule has 1 atom stereocenters. The summed E-state index contributed by atoms with van der Waals surface area (Å²) in [5.74, 6) is 0.00402. The van der Waals surface area contributed by atoms with E-state index in [1.165, 1.54) is 17.0 Å². The third-order valence-electron chi connectivity index (χ3n) is 5.31. The van der Waals surface area contributed by atoms with Crippen LogP contribution in [0.15, 0.2) is 42.7 Å². The molecule has 28 heavy (non-hydrogen) atoms. The van der Waals surface area contributed by atoms with Gasteiger partial charge < -0.3 is 4.90 Å². The van der Waals surface area contributed by atoms with Gasteiger partial charge in [0, 0.05) is 39.3 Å². The summed E-state index contributed by atoms with van der Waals surface area (Å²) >= 11 is 0. The van der Waals surface area contributed by atoms with E-state index in [1.807, 2.05) is 22.7 Å². The Morgan fingerprint density at radius 3 is 2.79 bits per heavy atom. The number of carbonyl (C=O) groups excluding carboxylic acids is 1. The second-order valence-electron chi connectivity index (χ2n) is 7.56. The Kier molecular flexibility index (Phi) is 5.09. The van der Waals surface area contributed by atoms with Gasteiger partial charge in [-0.05, 0) is 43.1 Å². The van der Waals surface area contributed by atoms with Gasteiger partial charge in [-0.15, -0.1) is 0 Å². The summed E-state index contributed by atoms with van der Waals surface area (Å²) in [6.45, 7) is 2.72. The molecule has 0 N–H and O–H groups in total. The van der Waals surface area contributed by atoms with Crippen molar-refractivity contribution >= 4 is 11.6 Å². The van der Waals surface area contributed by atoms with Crippen molar-refractivity contribution in [1.82, 2.24) is 24.4 Å². The molecule has 2 aromatic heterocycles. The largest absolute Gasteiger partial charge is 0.345 e. The normalized spacial score (nSPS) is 17.8. The first kappa shape index (κ1) is 18.6. The van der Waals surface area contributed by atoms with Crippen molar-refractivity contribution in [3.05, 3.63) is 65.4 Å². The van der Waals surface area contributed by atoms with Crippen LogP contribution in [0.3, 0.4) is 0 Å². The second-order valence-corrected chi connectivity index (χ2v) is 7.56. The van der Waals surface area contributed by atoms with Gasteiger partial charge in [0.1, 0.15) is 11.4 Å². The van der Waals surface area contributed by atoms with E-state index in [-0.39, 0.29) is 11.7 Å². The number of hydrogen-bond donors (Lipinski definition) is 0. The molecule has 4 rings (SSSR count). The lowest BCUT2D eigenvalue weighted by Crippen LogP contribution is -2.34. The number of benzene rings is 1. The number of halogens is 1. The molecule has 6 nitrogen and oxygen atoms in total. The molecule has 1 fully saturated rings. The molecule has 0 saturated carbocycles. The van der Waals surface area contributed by atoms with E-state index in [9.17, 15) is 9.18 Å². The van der Waals surface area contributed by atoms with Crippen LogP contribution in [0.1, 0.15) is 40.4 Å². The monoisotopic (exact) mass is 381 g/mol. The van der Waals surface area contributed by atoms with Gasteiger partial charge in [0.2, 0.25) is 0 Å². The Morgan fingerprint density at radius 2 is 2.04 bits per heavy atom. The lowest BCUT2D eigenvalue weighted by Gasteiger charge is -2.33. The zero-order chi connectivity index (χ0) is 19.7. The lowest BCUT2D eigenvalue weighted by molar-refractivity contribution is 0.0829. The minimum Gasteiger partial charge on any atom is -0.345 e. The molecule has 1 saturated heterocycles. The SMILES string of the molecule is CN(C)C(=O)c1cnn2c([C@@H]3CCCN(Cc4ccc(F)cc4)C3)ccnc12. The maximum atomic E-state index is 13.1. The molecule has 0 radical (unpaired) electrons. The number of nitrogens with zero attached hydrogens (tertiary/aromatic N) is 5. The fourth-order valence-corrected chi connectivity index (χ4v) is 3.90. The van der Waals surface area contributed by atoms with Crippen LogP contribution in [0.25, 0.3) is 5.65 Å². The highest BCUT2D eigenvalue weighted by atomic mass is 19.1. The van der Waals surface area contributed by atoms with Gasteiger partial charge in [0.15, 0.2) is 5.65 Å². The number of likely N-dealkylation sites (tertiary alicyclic amines) is 1. The summed E-state index contributed by atoms with van der Waals surface area (Å²) in [7, 11) is 3.45. The van der Waals surface area contributed by atoms with Crippen molar-refractivity contribution in [2.45, 2.75) is 25.3 Å². The summed E-state index contributed by atoms with van der Waals surface area (Å²) in [6, 6.07) is 8.70. The van der Waals surface area contributed by atoms with Gasteiger partial charge in [0.25, 0.3) is 5.91 Å².